The topological polar surface area (TPSA) is 18.5 Å². The molecule has 0 aromatic carbocycles. The summed E-state index contributed by atoms with van der Waals surface area (Å²) in [6.07, 6.45) is 13.6. The van der Waals surface area contributed by atoms with Gasteiger partial charge in [-0.2, -0.15) is 0 Å². The van der Waals surface area contributed by atoms with Gasteiger partial charge in [0.2, 0.25) is 0 Å². The molecule has 1 aliphatic heterocycles. The van der Waals surface area contributed by atoms with Gasteiger partial charge in [-0.1, -0.05) is 26.8 Å². The van der Waals surface area contributed by atoms with E-state index in [1.165, 1.54) is 38.5 Å². The molecule has 0 aromatic heterocycles. The molecule has 2 bridgehead atoms. The SMILES string of the molecule is C[C@@H]1CC[C@H]2C(C)(C)[C@H]3C[C@@]12C[C@@H]1O[C@@]2(C=CCCC2)O[C@@]13C. The van der Waals surface area contributed by atoms with Crippen LogP contribution in [0.25, 0.3) is 0 Å². The third kappa shape index (κ3) is 1.63. The summed E-state index contributed by atoms with van der Waals surface area (Å²) in [4.78, 5) is 0. The monoisotopic (exact) mass is 316 g/mol. The average Bonchev–Trinajstić information content (AvgIpc) is 3.02. The van der Waals surface area contributed by atoms with Crippen molar-refractivity contribution in [3.63, 3.8) is 0 Å². The lowest BCUT2D eigenvalue weighted by Gasteiger charge is -2.47. The van der Waals surface area contributed by atoms with Crippen LogP contribution in [0.4, 0.5) is 0 Å². The molecule has 4 aliphatic carbocycles. The molecular formula is C21H32O2. The van der Waals surface area contributed by atoms with E-state index in [9.17, 15) is 0 Å². The lowest BCUT2D eigenvalue weighted by molar-refractivity contribution is -0.175. The molecule has 5 rings (SSSR count). The Labute approximate surface area is 141 Å². The maximum atomic E-state index is 6.84. The molecule has 0 N–H and O–H groups in total. The third-order valence-electron chi connectivity index (χ3n) is 8.84. The Hall–Kier alpha value is -0.340. The van der Waals surface area contributed by atoms with Gasteiger partial charge in [0.15, 0.2) is 5.79 Å². The van der Waals surface area contributed by atoms with E-state index < -0.39 is 5.79 Å². The standard InChI is InChI=1S/C21H32O2/c1-14-8-9-15-18(2,3)16-12-20(14,15)13-17-19(16,4)23-21(22-17)10-6-5-7-11-21/h6,10,14-17H,5,7-9,11-13H2,1-4H3/t14-,15+,16-,17+,19-,20-,21+/m1/s1. The van der Waals surface area contributed by atoms with E-state index in [1.807, 2.05) is 0 Å². The smallest absolute Gasteiger partial charge is 0.189 e. The highest BCUT2D eigenvalue weighted by atomic mass is 16.8. The molecule has 5 aliphatic rings. The Kier molecular flexibility index (Phi) is 2.76. The van der Waals surface area contributed by atoms with Crippen molar-refractivity contribution in [2.75, 3.05) is 0 Å². The third-order valence-corrected chi connectivity index (χ3v) is 8.84. The summed E-state index contributed by atoms with van der Waals surface area (Å²) >= 11 is 0. The van der Waals surface area contributed by atoms with Crippen molar-refractivity contribution in [1.82, 2.24) is 0 Å². The van der Waals surface area contributed by atoms with Crippen LogP contribution in [-0.4, -0.2) is 17.5 Å². The fraction of sp³-hybridized carbons (Fsp3) is 0.905. The zero-order valence-corrected chi connectivity index (χ0v) is 15.2. The maximum Gasteiger partial charge on any atom is 0.189 e. The number of hydrogen-bond donors (Lipinski definition) is 0. The number of ether oxygens (including phenoxy) is 2. The van der Waals surface area contributed by atoms with Crippen LogP contribution in [0.2, 0.25) is 0 Å². The first-order chi connectivity index (χ1) is 10.8. The van der Waals surface area contributed by atoms with Gasteiger partial charge < -0.3 is 9.47 Å². The summed E-state index contributed by atoms with van der Waals surface area (Å²) in [5.74, 6) is 1.94. The van der Waals surface area contributed by atoms with Gasteiger partial charge in [0.1, 0.15) is 0 Å². The summed E-state index contributed by atoms with van der Waals surface area (Å²) < 4.78 is 13.5. The van der Waals surface area contributed by atoms with Crippen LogP contribution < -0.4 is 0 Å². The summed E-state index contributed by atoms with van der Waals surface area (Å²) in [6.45, 7) is 9.94. The summed E-state index contributed by atoms with van der Waals surface area (Å²) in [6, 6.07) is 0. The largest absolute Gasteiger partial charge is 0.340 e. The van der Waals surface area contributed by atoms with Crippen molar-refractivity contribution in [3.05, 3.63) is 12.2 Å². The van der Waals surface area contributed by atoms with Crippen molar-refractivity contribution in [2.45, 2.75) is 90.1 Å². The minimum absolute atomic E-state index is 0.0967. The van der Waals surface area contributed by atoms with Crippen LogP contribution in [-0.2, 0) is 9.47 Å². The van der Waals surface area contributed by atoms with Crippen LogP contribution in [0, 0.1) is 28.6 Å². The predicted octanol–water partition coefficient (Wildman–Crippen LogP) is 5.08. The Morgan fingerprint density at radius 3 is 2.61 bits per heavy atom. The van der Waals surface area contributed by atoms with Crippen LogP contribution in [0.15, 0.2) is 12.2 Å². The number of fused-ring (bicyclic) bond motifs is 3. The van der Waals surface area contributed by atoms with Crippen LogP contribution >= 0.6 is 0 Å². The van der Waals surface area contributed by atoms with E-state index in [4.69, 9.17) is 9.47 Å². The quantitative estimate of drug-likeness (QED) is 0.580. The molecule has 3 saturated carbocycles. The molecule has 4 fully saturated rings. The van der Waals surface area contributed by atoms with E-state index >= 15 is 0 Å². The molecule has 0 radical (unpaired) electrons. The van der Waals surface area contributed by atoms with Gasteiger partial charge in [-0.25, -0.2) is 0 Å². The Balaban J connectivity index is 1.58. The highest BCUT2D eigenvalue weighted by molar-refractivity contribution is 5.23. The lowest BCUT2D eigenvalue weighted by Crippen LogP contribution is -2.52. The van der Waals surface area contributed by atoms with Gasteiger partial charge in [-0.3, -0.25) is 0 Å². The molecule has 1 saturated heterocycles. The molecule has 2 heteroatoms. The fourth-order valence-electron chi connectivity index (χ4n) is 7.75. The Morgan fingerprint density at radius 2 is 1.87 bits per heavy atom. The minimum Gasteiger partial charge on any atom is -0.340 e. The predicted molar refractivity (Wildman–Crippen MR) is 90.9 cm³/mol. The van der Waals surface area contributed by atoms with Crippen molar-refractivity contribution >= 4 is 0 Å². The molecule has 2 spiro atoms. The van der Waals surface area contributed by atoms with E-state index in [2.05, 4.69) is 39.8 Å². The Bertz CT molecular complexity index is 566. The van der Waals surface area contributed by atoms with Crippen molar-refractivity contribution in [3.8, 4) is 0 Å². The first-order valence-corrected chi connectivity index (χ1v) is 9.88. The molecule has 1 heterocycles. The van der Waals surface area contributed by atoms with Crippen molar-refractivity contribution < 1.29 is 9.47 Å². The number of hydrogen-bond acceptors (Lipinski definition) is 2. The molecule has 2 nitrogen and oxygen atoms in total. The number of allylic oxidation sites excluding steroid dienone is 1. The molecule has 128 valence electrons. The Morgan fingerprint density at radius 1 is 1.04 bits per heavy atom. The van der Waals surface area contributed by atoms with Crippen molar-refractivity contribution in [1.29, 1.82) is 0 Å². The van der Waals surface area contributed by atoms with E-state index in [0.29, 0.717) is 16.7 Å². The van der Waals surface area contributed by atoms with Gasteiger partial charge >= 0.3 is 0 Å². The molecule has 0 unspecified atom stereocenters. The van der Waals surface area contributed by atoms with Crippen molar-refractivity contribution in [2.24, 2.45) is 28.6 Å². The van der Waals surface area contributed by atoms with Crippen LogP contribution in [0.3, 0.4) is 0 Å². The van der Waals surface area contributed by atoms with E-state index in [1.54, 1.807) is 0 Å². The zero-order chi connectivity index (χ0) is 16.1. The second-order valence-electron chi connectivity index (χ2n) is 10.0. The fourth-order valence-corrected chi connectivity index (χ4v) is 7.75. The van der Waals surface area contributed by atoms with Gasteiger partial charge in [0.25, 0.3) is 0 Å². The van der Waals surface area contributed by atoms with E-state index in [0.717, 1.165) is 18.3 Å². The number of rotatable bonds is 0. The molecular weight excluding hydrogens is 284 g/mol. The zero-order valence-electron chi connectivity index (χ0n) is 15.2. The first kappa shape index (κ1) is 15.0. The maximum absolute atomic E-state index is 6.84. The average molecular weight is 316 g/mol. The van der Waals surface area contributed by atoms with E-state index in [-0.39, 0.29) is 11.7 Å². The molecule has 0 amide bonds. The molecule has 0 aromatic rings. The molecule has 7 atom stereocenters. The van der Waals surface area contributed by atoms with Gasteiger partial charge in [0.05, 0.1) is 11.7 Å². The normalized spacial score (nSPS) is 59.3. The molecule has 23 heavy (non-hydrogen) atoms. The summed E-state index contributed by atoms with van der Waals surface area (Å²) in [7, 11) is 0. The summed E-state index contributed by atoms with van der Waals surface area (Å²) in [5, 5.41) is 0. The summed E-state index contributed by atoms with van der Waals surface area (Å²) in [5.41, 5.74) is 0.799. The highest BCUT2D eigenvalue weighted by Crippen LogP contribution is 2.75. The van der Waals surface area contributed by atoms with Gasteiger partial charge in [-0.05, 0) is 80.1 Å². The van der Waals surface area contributed by atoms with Crippen LogP contribution in [0.5, 0.6) is 0 Å². The van der Waals surface area contributed by atoms with Gasteiger partial charge in [-0.15, -0.1) is 0 Å². The second kappa shape index (κ2) is 4.25. The minimum atomic E-state index is -0.411. The van der Waals surface area contributed by atoms with Gasteiger partial charge in [0, 0.05) is 6.42 Å². The highest BCUT2D eigenvalue weighted by Gasteiger charge is 2.74. The lowest BCUT2D eigenvalue weighted by atomic mass is 9.63. The second-order valence-corrected chi connectivity index (χ2v) is 10.0. The van der Waals surface area contributed by atoms with Crippen LogP contribution in [0.1, 0.15) is 72.6 Å². The first-order valence-electron chi connectivity index (χ1n) is 9.88.